The normalized spacial score (nSPS) is 11.9. The van der Waals surface area contributed by atoms with Gasteiger partial charge in [0.15, 0.2) is 0 Å². The van der Waals surface area contributed by atoms with Gasteiger partial charge in [0.1, 0.15) is 18.6 Å². The lowest BCUT2D eigenvalue weighted by Crippen LogP contribution is -2.33. The van der Waals surface area contributed by atoms with Crippen molar-refractivity contribution in [2.75, 3.05) is 6.54 Å². The van der Waals surface area contributed by atoms with Crippen molar-refractivity contribution in [1.29, 1.82) is 0 Å². The number of hydrogen-bond acceptors (Lipinski definition) is 3. The van der Waals surface area contributed by atoms with Crippen LogP contribution in [0.4, 0.5) is 0 Å². The molecule has 3 heteroatoms. The van der Waals surface area contributed by atoms with E-state index in [0.717, 1.165) is 36.1 Å². The van der Waals surface area contributed by atoms with Crippen molar-refractivity contribution in [3.63, 3.8) is 0 Å². The average molecular weight is 297 g/mol. The van der Waals surface area contributed by atoms with Crippen LogP contribution in [0.25, 0.3) is 0 Å². The van der Waals surface area contributed by atoms with Crippen molar-refractivity contribution in [1.82, 2.24) is 5.32 Å². The lowest BCUT2D eigenvalue weighted by Gasteiger charge is -2.12. The fourth-order valence-corrected chi connectivity index (χ4v) is 2.21. The zero-order chi connectivity index (χ0) is 15.6. The molecule has 0 aromatic heterocycles. The Morgan fingerprint density at radius 2 is 1.77 bits per heavy atom. The van der Waals surface area contributed by atoms with Crippen LogP contribution < -0.4 is 10.1 Å². The Kier molecular flexibility index (Phi) is 6.65. The minimum atomic E-state index is -0.115. The summed E-state index contributed by atoms with van der Waals surface area (Å²) in [6.07, 6.45) is 2.72. The molecule has 0 saturated heterocycles. The number of hydrogen-bond donors (Lipinski definition) is 1. The number of nitrogens with one attached hydrogen (secondary N) is 1. The molecule has 3 nitrogen and oxygen atoms in total. The van der Waals surface area contributed by atoms with Crippen molar-refractivity contribution >= 4 is 6.29 Å². The number of carbonyl (C=O) groups excluding carboxylic acids is 1. The summed E-state index contributed by atoms with van der Waals surface area (Å²) >= 11 is 0. The SMILES string of the molecule is CCCNC(C=O)Cc1ccc(OCc2ccccc2)cc1. The Balaban J connectivity index is 1.85. The maximum Gasteiger partial charge on any atom is 0.137 e. The lowest BCUT2D eigenvalue weighted by molar-refractivity contribution is -0.109. The van der Waals surface area contributed by atoms with Gasteiger partial charge in [0.05, 0.1) is 6.04 Å². The number of benzene rings is 2. The molecule has 0 heterocycles. The van der Waals surface area contributed by atoms with E-state index in [-0.39, 0.29) is 6.04 Å². The molecule has 0 aliphatic carbocycles. The second-order valence-corrected chi connectivity index (χ2v) is 5.32. The molecule has 0 saturated carbocycles. The highest BCUT2D eigenvalue weighted by Crippen LogP contribution is 2.15. The molecular formula is C19H23NO2. The standard InChI is InChI=1S/C19H23NO2/c1-2-12-20-18(14-21)13-16-8-10-19(11-9-16)22-15-17-6-4-3-5-7-17/h3-11,14,18,20H,2,12-13,15H2,1H3. The van der Waals surface area contributed by atoms with Crippen molar-refractivity contribution in [3.05, 3.63) is 65.7 Å². The van der Waals surface area contributed by atoms with Crippen LogP contribution >= 0.6 is 0 Å². The van der Waals surface area contributed by atoms with E-state index in [4.69, 9.17) is 4.74 Å². The lowest BCUT2D eigenvalue weighted by atomic mass is 10.1. The van der Waals surface area contributed by atoms with E-state index in [1.807, 2.05) is 54.6 Å². The minimum Gasteiger partial charge on any atom is -0.489 e. The van der Waals surface area contributed by atoms with Gasteiger partial charge in [-0.1, -0.05) is 49.4 Å². The zero-order valence-electron chi connectivity index (χ0n) is 13.0. The highest BCUT2D eigenvalue weighted by atomic mass is 16.5. The first kappa shape index (κ1) is 16.2. The van der Waals surface area contributed by atoms with Crippen LogP contribution in [0.5, 0.6) is 5.75 Å². The molecule has 0 aliphatic heterocycles. The van der Waals surface area contributed by atoms with Gasteiger partial charge in [-0.3, -0.25) is 0 Å². The first-order valence-corrected chi connectivity index (χ1v) is 7.76. The molecule has 2 aromatic rings. The van der Waals surface area contributed by atoms with Gasteiger partial charge in [-0.2, -0.15) is 0 Å². The Hall–Kier alpha value is -2.13. The van der Waals surface area contributed by atoms with Gasteiger partial charge in [-0.25, -0.2) is 0 Å². The van der Waals surface area contributed by atoms with Crippen LogP contribution in [0.1, 0.15) is 24.5 Å². The molecule has 0 radical (unpaired) electrons. The Labute approximate surface area is 132 Å². The first-order valence-electron chi connectivity index (χ1n) is 7.76. The Morgan fingerprint density at radius 3 is 2.41 bits per heavy atom. The molecule has 1 N–H and O–H groups in total. The Morgan fingerprint density at radius 1 is 1.05 bits per heavy atom. The van der Waals surface area contributed by atoms with Crippen molar-refractivity contribution in [2.24, 2.45) is 0 Å². The summed E-state index contributed by atoms with van der Waals surface area (Å²) in [5, 5.41) is 3.23. The van der Waals surface area contributed by atoms with Crippen LogP contribution in [0.3, 0.4) is 0 Å². The summed E-state index contributed by atoms with van der Waals surface area (Å²) in [5.74, 6) is 0.844. The molecule has 0 bridgehead atoms. The third-order valence-corrected chi connectivity index (χ3v) is 3.45. The summed E-state index contributed by atoms with van der Waals surface area (Å²) < 4.78 is 5.76. The monoisotopic (exact) mass is 297 g/mol. The fraction of sp³-hybridized carbons (Fsp3) is 0.316. The van der Waals surface area contributed by atoms with Gasteiger partial charge in [0, 0.05) is 0 Å². The molecule has 1 unspecified atom stereocenters. The predicted octanol–water partition coefficient (Wildman–Crippen LogP) is 3.38. The molecule has 116 valence electrons. The van der Waals surface area contributed by atoms with Crippen molar-refractivity contribution < 1.29 is 9.53 Å². The van der Waals surface area contributed by atoms with E-state index < -0.39 is 0 Å². The second-order valence-electron chi connectivity index (χ2n) is 5.32. The topological polar surface area (TPSA) is 38.3 Å². The molecule has 0 spiro atoms. The zero-order valence-corrected chi connectivity index (χ0v) is 13.0. The Bertz CT molecular complexity index is 551. The summed E-state index contributed by atoms with van der Waals surface area (Å²) in [6, 6.07) is 17.9. The highest BCUT2D eigenvalue weighted by molar-refractivity contribution is 5.58. The molecule has 2 aromatic carbocycles. The van der Waals surface area contributed by atoms with Crippen LogP contribution in [0.15, 0.2) is 54.6 Å². The van der Waals surface area contributed by atoms with E-state index in [1.54, 1.807) is 0 Å². The first-order chi connectivity index (χ1) is 10.8. The number of ether oxygens (including phenoxy) is 1. The van der Waals surface area contributed by atoms with Gasteiger partial charge in [-0.05, 0) is 42.6 Å². The second kappa shape index (κ2) is 9.00. The molecule has 0 amide bonds. The molecule has 22 heavy (non-hydrogen) atoms. The third-order valence-electron chi connectivity index (χ3n) is 3.45. The fourth-order valence-electron chi connectivity index (χ4n) is 2.21. The van der Waals surface area contributed by atoms with Crippen molar-refractivity contribution in [2.45, 2.75) is 32.4 Å². The third kappa shape index (κ3) is 5.34. The molecule has 0 aliphatic rings. The number of rotatable bonds is 9. The van der Waals surface area contributed by atoms with E-state index >= 15 is 0 Å². The van der Waals surface area contributed by atoms with Crippen LogP contribution in [-0.4, -0.2) is 18.9 Å². The molecule has 2 rings (SSSR count). The molecule has 0 fully saturated rings. The molecule has 1 atom stereocenters. The summed E-state index contributed by atoms with van der Waals surface area (Å²) in [4.78, 5) is 11.1. The maximum absolute atomic E-state index is 11.1. The van der Waals surface area contributed by atoms with E-state index in [0.29, 0.717) is 13.0 Å². The van der Waals surface area contributed by atoms with Gasteiger partial charge in [0.25, 0.3) is 0 Å². The molecular weight excluding hydrogens is 274 g/mol. The smallest absolute Gasteiger partial charge is 0.137 e. The van der Waals surface area contributed by atoms with Crippen LogP contribution in [0, 0.1) is 0 Å². The number of carbonyl (C=O) groups is 1. The summed E-state index contributed by atoms with van der Waals surface area (Å²) in [7, 11) is 0. The van der Waals surface area contributed by atoms with Crippen LogP contribution in [-0.2, 0) is 17.8 Å². The largest absolute Gasteiger partial charge is 0.489 e. The number of aldehydes is 1. The van der Waals surface area contributed by atoms with E-state index in [1.165, 1.54) is 0 Å². The van der Waals surface area contributed by atoms with Crippen molar-refractivity contribution in [3.8, 4) is 5.75 Å². The average Bonchev–Trinajstić information content (AvgIpc) is 2.58. The summed E-state index contributed by atoms with van der Waals surface area (Å²) in [6.45, 7) is 3.52. The summed E-state index contributed by atoms with van der Waals surface area (Å²) in [5.41, 5.74) is 2.28. The van der Waals surface area contributed by atoms with Gasteiger partial charge >= 0.3 is 0 Å². The maximum atomic E-state index is 11.1. The quantitative estimate of drug-likeness (QED) is 0.721. The van der Waals surface area contributed by atoms with Gasteiger partial charge < -0.3 is 14.8 Å². The predicted molar refractivity (Wildman–Crippen MR) is 89.1 cm³/mol. The highest BCUT2D eigenvalue weighted by Gasteiger charge is 2.07. The van der Waals surface area contributed by atoms with Crippen LogP contribution in [0.2, 0.25) is 0 Å². The minimum absolute atomic E-state index is 0.115. The van der Waals surface area contributed by atoms with Gasteiger partial charge in [0.2, 0.25) is 0 Å². The van der Waals surface area contributed by atoms with Gasteiger partial charge in [-0.15, -0.1) is 0 Å². The van der Waals surface area contributed by atoms with E-state index in [2.05, 4.69) is 12.2 Å². The van der Waals surface area contributed by atoms with E-state index in [9.17, 15) is 4.79 Å².